The number of hydrogen-bond donors (Lipinski definition) is 4. The maximum atomic E-state index is 13.8. The summed E-state index contributed by atoms with van der Waals surface area (Å²) in [5.41, 5.74) is -4.93. The van der Waals surface area contributed by atoms with E-state index in [4.69, 9.17) is 4.74 Å². The van der Waals surface area contributed by atoms with E-state index < -0.39 is 53.7 Å². The lowest BCUT2D eigenvalue weighted by Gasteiger charge is -2.47. The molecule has 304 valence electrons. The molecule has 4 N–H and O–H groups in total. The number of nitrogens with one attached hydrogen (secondary N) is 1. The van der Waals surface area contributed by atoms with Gasteiger partial charge in [-0.1, -0.05) is 155 Å². The standard InChI is InChI=1S/C43H79NO8/c1-7-9-11-13-15-17-19-21-23-25-27-29-42(38(48)49,33-36(45)46)43(39(50)51,30-28-26-24-22-20-18-16-14-12-10-8-2)34-37(47)52-35-31-40(3,4)44-41(5,6)32-35/h35,44H,7-34H2,1-6H3,(H,45,46)(H,48,49)(H,50,51). The van der Waals surface area contributed by atoms with E-state index in [2.05, 4.69) is 19.2 Å². The monoisotopic (exact) mass is 738 g/mol. The van der Waals surface area contributed by atoms with Gasteiger partial charge in [0, 0.05) is 23.9 Å². The molecule has 52 heavy (non-hydrogen) atoms. The fourth-order valence-electron chi connectivity index (χ4n) is 8.99. The van der Waals surface area contributed by atoms with Crippen molar-refractivity contribution in [3.63, 3.8) is 0 Å². The van der Waals surface area contributed by atoms with Crippen LogP contribution < -0.4 is 5.32 Å². The zero-order chi connectivity index (χ0) is 39.1. The number of carbonyl (C=O) groups is 4. The second kappa shape index (κ2) is 25.0. The normalized spacial score (nSPS) is 18.0. The molecule has 0 spiro atoms. The molecule has 1 fully saturated rings. The molecule has 2 atom stereocenters. The molecule has 1 aliphatic rings. The highest BCUT2D eigenvalue weighted by molar-refractivity contribution is 5.92. The summed E-state index contributed by atoms with van der Waals surface area (Å²) >= 11 is 0. The van der Waals surface area contributed by atoms with E-state index in [1.54, 1.807) is 0 Å². The van der Waals surface area contributed by atoms with Crippen LogP contribution in [0.25, 0.3) is 0 Å². The lowest BCUT2D eigenvalue weighted by molar-refractivity contribution is -0.187. The minimum atomic E-state index is -2.16. The highest BCUT2D eigenvalue weighted by atomic mass is 16.5. The predicted molar refractivity (Wildman–Crippen MR) is 210 cm³/mol. The molecule has 1 rings (SSSR count). The average molecular weight is 738 g/mol. The first-order chi connectivity index (χ1) is 24.6. The zero-order valence-corrected chi connectivity index (χ0v) is 34.3. The highest BCUT2D eigenvalue weighted by Crippen LogP contribution is 2.53. The van der Waals surface area contributed by atoms with Gasteiger partial charge in [0.1, 0.15) is 6.10 Å². The maximum absolute atomic E-state index is 13.8. The Morgan fingerprint density at radius 2 is 0.846 bits per heavy atom. The van der Waals surface area contributed by atoms with Crippen LogP contribution in [0.1, 0.15) is 221 Å². The predicted octanol–water partition coefficient (Wildman–Crippen LogP) is 11.2. The van der Waals surface area contributed by atoms with Gasteiger partial charge < -0.3 is 25.4 Å². The number of esters is 1. The fraction of sp³-hybridized carbons (Fsp3) is 0.907. The van der Waals surface area contributed by atoms with Crippen molar-refractivity contribution < 1.29 is 39.2 Å². The number of carboxylic acids is 3. The number of hydrogen-bond acceptors (Lipinski definition) is 6. The molecule has 9 heteroatoms. The molecule has 0 aromatic carbocycles. The molecule has 1 saturated heterocycles. The summed E-state index contributed by atoms with van der Waals surface area (Å²) in [6, 6.07) is 0. The van der Waals surface area contributed by atoms with Crippen molar-refractivity contribution >= 4 is 23.9 Å². The number of ether oxygens (including phenoxy) is 1. The van der Waals surface area contributed by atoms with Gasteiger partial charge in [-0.2, -0.15) is 0 Å². The van der Waals surface area contributed by atoms with E-state index in [0.717, 1.165) is 44.9 Å². The number of piperidine rings is 1. The number of carbonyl (C=O) groups excluding carboxylic acids is 1. The van der Waals surface area contributed by atoms with Crippen molar-refractivity contribution in [3.8, 4) is 0 Å². The minimum absolute atomic E-state index is 0.0880. The molecule has 1 aliphatic heterocycles. The smallest absolute Gasteiger partial charge is 0.311 e. The molecule has 2 unspecified atom stereocenters. The van der Waals surface area contributed by atoms with Gasteiger partial charge >= 0.3 is 23.9 Å². The van der Waals surface area contributed by atoms with E-state index in [9.17, 15) is 34.5 Å². The Hall–Kier alpha value is -2.16. The fourth-order valence-corrected chi connectivity index (χ4v) is 8.99. The molecule has 0 aliphatic carbocycles. The van der Waals surface area contributed by atoms with Gasteiger partial charge in [0.15, 0.2) is 0 Å². The summed E-state index contributed by atoms with van der Waals surface area (Å²) in [6.07, 6.45) is 21.7. The lowest BCUT2D eigenvalue weighted by atomic mass is 9.55. The summed E-state index contributed by atoms with van der Waals surface area (Å²) in [7, 11) is 0. The second-order valence-electron chi connectivity index (χ2n) is 17.5. The number of aliphatic carboxylic acids is 3. The number of unbranched alkanes of at least 4 members (excludes halogenated alkanes) is 20. The van der Waals surface area contributed by atoms with Crippen LogP contribution in [0.4, 0.5) is 0 Å². The quantitative estimate of drug-likeness (QED) is 0.0390. The first-order valence-corrected chi connectivity index (χ1v) is 21.2. The van der Waals surface area contributed by atoms with Crippen LogP contribution in [0.3, 0.4) is 0 Å². The van der Waals surface area contributed by atoms with Gasteiger partial charge in [0.25, 0.3) is 0 Å². The third kappa shape index (κ3) is 17.8. The first kappa shape index (κ1) is 47.9. The third-order valence-electron chi connectivity index (χ3n) is 11.5. The summed E-state index contributed by atoms with van der Waals surface area (Å²) in [6.45, 7) is 12.5. The summed E-state index contributed by atoms with van der Waals surface area (Å²) < 4.78 is 5.98. The van der Waals surface area contributed by atoms with Crippen molar-refractivity contribution in [2.45, 2.75) is 239 Å². The molecule has 0 aromatic heterocycles. The van der Waals surface area contributed by atoms with Gasteiger partial charge in [-0.25, -0.2) is 0 Å². The van der Waals surface area contributed by atoms with Crippen LogP contribution in [0.5, 0.6) is 0 Å². The third-order valence-corrected chi connectivity index (χ3v) is 11.5. The van der Waals surface area contributed by atoms with Crippen LogP contribution in [-0.4, -0.2) is 56.4 Å². The average Bonchev–Trinajstić information content (AvgIpc) is 3.03. The summed E-state index contributed by atoms with van der Waals surface area (Å²) in [5, 5.41) is 35.6. The van der Waals surface area contributed by atoms with E-state index in [1.165, 1.54) is 70.6 Å². The van der Waals surface area contributed by atoms with Gasteiger partial charge in [-0.3, -0.25) is 19.2 Å². The number of carboxylic acid groups (broad SMARTS) is 3. The van der Waals surface area contributed by atoms with E-state index in [-0.39, 0.29) is 23.9 Å². The lowest BCUT2D eigenvalue weighted by Crippen LogP contribution is -2.60. The van der Waals surface area contributed by atoms with Crippen molar-refractivity contribution in [1.29, 1.82) is 0 Å². The Morgan fingerprint density at radius 1 is 0.538 bits per heavy atom. The largest absolute Gasteiger partial charge is 0.481 e. The van der Waals surface area contributed by atoms with Gasteiger partial charge in [0.05, 0.1) is 23.7 Å². The minimum Gasteiger partial charge on any atom is -0.481 e. The zero-order valence-electron chi connectivity index (χ0n) is 34.3. The molecule has 0 amide bonds. The van der Waals surface area contributed by atoms with E-state index >= 15 is 0 Å². The molecule has 0 radical (unpaired) electrons. The van der Waals surface area contributed by atoms with Gasteiger partial charge in [-0.05, 0) is 40.5 Å². The van der Waals surface area contributed by atoms with Crippen LogP contribution in [0.2, 0.25) is 0 Å². The SMILES string of the molecule is CCCCCCCCCCCCCC(CC(=O)O)(C(=O)O)C(CCCCCCCCCCCCC)(CC(=O)OC1CC(C)(C)NC(C)(C)C1)C(=O)O. The Labute approximate surface area is 317 Å². The van der Waals surface area contributed by atoms with Crippen molar-refractivity contribution in [3.05, 3.63) is 0 Å². The van der Waals surface area contributed by atoms with E-state index in [1.807, 2.05) is 27.7 Å². The molecular weight excluding hydrogens is 658 g/mol. The summed E-state index contributed by atoms with van der Waals surface area (Å²) in [5.74, 6) is -5.01. The maximum Gasteiger partial charge on any atom is 0.311 e. The molecule has 0 bridgehead atoms. The Kier molecular flexibility index (Phi) is 23.0. The van der Waals surface area contributed by atoms with Crippen molar-refractivity contribution in [2.24, 2.45) is 10.8 Å². The van der Waals surface area contributed by atoms with E-state index in [0.29, 0.717) is 38.5 Å². The van der Waals surface area contributed by atoms with Crippen LogP contribution in [-0.2, 0) is 23.9 Å². The molecule has 0 saturated carbocycles. The molecular formula is C43H79NO8. The van der Waals surface area contributed by atoms with Crippen LogP contribution in [0.15, 0.2) is 0 Å². The molecule has 0 aromatic rings. The topological polar surface area (TPSA) is 150 Å². The Morgan fingerprint density at radius 3 is 1.15 bits per heavy atom. The van der Waals surface area contributed by atoms with Crippen molar-refractivity contribution in [2.75, 3.05) is 0 Å². The molecule has 9 nitrogen and oxygen atoms in total. The number of rotatable bonds is 32. The Balaban J connectivity index is 3.17. The van der Waals surface area contributed by atoms with Crippen LogP contribution >= 0.6 is 0 Å². The molecule has 1 heterocycles. The summed E-state index contributed by atoms with van der Waals surface area (Å²) in [4.78, 5) is 53.1. The highest BCUT2D eigenvalue weighted by Gasteiger charge is 2.62. The van der Waals surface area contributed by atoms with Gasteiger partial charge in [-0.15, -0.1) is 0 Å². The van der Waals surface area contributed by atoms with Crippen molar-refractivity contribution in [1.82, 2.24) is 5.32 Å². The van der Waals surface area contributed by atoms with Crippen LogP contribution in [0, 0.1) is 10.8 Å². The second-order valence-corrected chi connectivity index (χ2v) is 17.5. The van der Waals surface area contributed by atoms with Gasteiger partial charge in [0.2, 0.25) is 0 Å². The first-order valence-electron chi connectivity index (χ1n) is 21.2. The Bertz CT molecular complexity index is 1030.